The van der Waals surface area contributed by atoms with Crippen LogP contribution in [-0.2, 0) is 4.74 Å². The maximum Gasteiger partial charge on any atom is 0.126 e. The summed E-state index contributed by atoms with van der Waals surface area (Å²) in [6.45, 7) is 7.18. The number of nitrogens with one attached hydrogen (secondary N) is 1. The number of nitrogens with two attached hydrogens (primary N) is 1. The summed E-state index contributed by atoms with van der Waals surface area (Å²) in [6, 6.07) is 4.30. The van der Waals surface area contributed by atoms with Crippen molar-refractivity contribution in [1.29, 1.82) is 0 Å². The molecule has 1 saturated heterocycles. The van der Waals surface area contributed by atoms with E-state index >= 15 is 0 Å². The van der Waals surface area contributed by atoms with E-state index in [2.05, 4.69) is 24.1 Å². The van der Waals surface area contributed by atoms with Crippen LogP contribution < -0.4 is 11.1 Å². The number of anilines is 2. The van der Waals surface area contributed by atoms with E-state index in [1.165, 1.54) is 0 Å². The minimum absolute atomic E-state index is 0.0404. The zero-order chi connectivity index (χ0) is 13.9. The lowest BCUT2D eigenvalue weighted by molar-refractivity contribution is -0.0864. The predicted octanol–water partition coefficient (Wildman–Crippen LogP) is 3.12. The minimum Gasteiger partial charge on any atom is -0.397 e. The van der Waals surface area contributed by atoms with E-state index in [9.17, 15) is 0 Å². The Morgan fingerprint density at radius 2 is 2.16 bits per heavy atom. The Morgan fingerprint density at radius 1 is 1.42 bits per heavy atom. The van der Waals surface area contributed by atoms with E-state index < -0.39 is 0 Å². The van der Waals surface area contributed by atoms with E-state index in [0.717, 1.165) is 49.5 Å². The van der Waals surface area contributed by atoms with Gasteiger partial charge >= 0.3 is 0 Å². The minimum atomic E-state index is 0.0404. The molecule has 1 aromatic heterocycles. The first kappa shape index (κ1) is 14.1. The van der Waals surface area contributed by atoms with Gasteiger partial charge in [-0.3, -0.25) is 0 Å². The highest BCUT2D eigenvalue weighted by Gasteiger charge is 2.34. The Bertz CT molecular complexity index is 429. The summed E-state index contributed by atoms with van der Waals surface area (Å²) in [4.78, 5) is 4.49. The van der Waals surface area contributed by atoms with Crippen LogP contribution in [0.2, 0.25) is 0 Å². The monoisotopic (exact) mass is 263 g/mol. The third kappa shape index (κ3) is 3.18. The van der Waals surface area contributed by atoms with Crippen molar-refractivity contribution in [3.05, 3.63) is 17.8 Å². The van der Waals surface area contributed by atoms with Crippen LogP contribution in [0.15, 0.2) is 12.1 Å². The predicted molar refractivity (Wildman–Crippen MR) is 79.3 cm³/mol. The molecule has 1 fully saturated rings. The second-order valence-electron chi connectivity index (χ2n) is 5.44. The highest BCUT2D eigenvalue weighted by molar-refractivity contribution is 5.49. The highest BCUT2D eigenvalue weighted by atomic mass is 16.5. The molecule has 1 unspecified atom stereocenters. The highest BCUT2D eigenvalue weighted by Crippen LogP contribution is 2.32. The van der Waals surface area contributed by atoms with Crippen LogP contribution in [0.1, 0.15) is 45.2 Å². The molecule has 0 amide bonds. The molecule has 0 saturated carbocycles. The molecule has 0 radical (unpaired) electrons. The van der Waals surface area contributed by atoms with Gasteiger partial charge in [0.1, 0.15) is 5.82 Å². The molecule has 1 atom stereocenters. The van der Waals surface area contributed by atoms with Crippen LogP contribution in [0, 0.1) is 6.92 Å². The zero-order valence-electron chi connectivity index (χ0n) is 12.2. The lowest BCUT2D eigenvalue weighted by Gasteiger charge is -2.40. The van der Waals surface area contributed by atoms with Gasteiger partial charge in [0.15, 0.2) is 0 Å². The Labute approximate surface area is 115 Å². The molecule has 2 rings (SSSR count). The second-order valence-corrected chi connectivity index (χ2v) is 5.44. The molecule has 1 aliphatic heterocycles. The molecule has 3 N–H and O–H groups in total. The topological polar surface area (TPSA) is 60.2 Å². The van der Waals surface area contributed by atoms with E-state index in [0.29, 0.717) is 6.04 Å². The van der Waals surface area contributed by atoms with Crippen molar-refractivity contribution in [3.8, 4) is 0 Å². The van der Waals surface area contributed by atoms with Crippen LogP contribution in [0.25, 0.3) is 0 Å². The van der Waals surface area contributed by atoms with Gasteiger partial charge in [0.25, 0.3) is 0 Å². The number of aryl methyl sites for hydroxylation is 1. The first-order valence-electron chi connectivity index (χ1n) is 7.22. The normalized spacial score (nSPS) is 22.2. The number of pyridine rings is 1. The van der Waals surface area contributed by atoms with Gasteiger partial charge in [0.2, 0.25) is 0 Å². The van der Waals surface area contributed by atoms with Crippen LogP contribution >= 0.6 is 0 Å². The standard InChI is InChI=1S/C15H25N3O/c1-4-15(5-2)10-12(8-9-19-15)18-14-7-6-13(16)11(3)17-14/h6-7,12H,4-5,8-10,16H2,1-3H3,(H,17,18). The van der Waals surface area contributed by atoms with Crippen molar-refractivity contribution in [1.82, 2.24) is 4.98 Å². The Balaban J connectivity index is 2.04. The molecular weight excluding hydrogens is 238 g/mol. The van der Waals surface area contributed by atoms with E-state index in [-0.39, 0.29) is 5.60 Å². The van der Waals surface area contributed by atoms with Gasteiger partial charge in [-0.25, -0.2) is 4.98 Å². The SMILES string of the molecule is CCC1(CC)CC(Nc2ccc(N)c(C)n2)CCO1. The van der Waals surface area contributed by atoms with Crippen molar-refractivity contribution >= 4 is 11.5 Å². The van der Waals surface area contributed by atoms with Crippen molar-refractivity contribution in [2.24, 2.45) is 0 Å². The number of rotatable bonds is 4. The summed E-state index contributed by atoms with van der Waals surface area (Å²) < 4.78 is 5.99. The summed E-state index contributed by atoms with van der Waals surface area (Å²) in [5, 5.41) is 3.53. The molecule has 1 aliphatic rings. The van der Waals surface area contributed by atoms with Gasteiger partial charge in [-0.15, -0.1) is 0 Å². The molecule has 4 nitrogen and oxygen atoms in total. The summed E-state index contributed by atoms with van der Waals surface area (Å²) in [7, 11) is 0. The molecule has 19 heavy (non-hydrogen) atoms. The number of aromatic nitrogens is 1. The number of hydrogen-bond donors (Lipinski definition) is 2. The van der Waals surface area contributed by atoms with Crippen molar-refractivity contribution in [2.75, 3.05) is 17.7 Å². The average molecular weight is 263 g/mol. The summed E-state index contributed by atoms with van der Waals surface area (Å²) in [6.07, 6.45) is 4.21. The fourth-order valence-corrected chi connectivity index (χ4v) is 2.76. The molecule has 106 valence electrons. The van der Waals surface area contributed by atoms with Gasteiger partial charge < -0.3 is 15.8 Å². The molecule has 1 aromatic rings. The number of nitrogens with zero attached hydrogens (tertiary/aromatic N) is 1. The summed E-state index contributed by atoms with van der Waals surface area (Å²) >= 11 is 0. The lowest BCUT2D eigenvalue weighted by Crippen LogP contribution is -2.43. The summed E-state index contributed by atoms with van der Waals surface area (Å²) in [5.74, 6) is 0.916. The molecule has 0 aliphatic carbocycles. The van der Waals surface area contributed by atoms with E-state index in [4.69, 9.17) is 10.5 Å². The molecule has 0 spiro atoms. The molecular formula is C15H25N3O. The largest absolute Gasteiger partial charge is 0.397 e. The lowest BCUT2D eigenvalue weighted by atomic mass is 9.86. The first-order valence-corrected chi connectivity index (χ1v) is 7.22. The van der Waals surface area contributed by atoms with Gasteiger partial charge in [0, 0.05) is 12.6 Å². The average Bonchev–Trinajstić information content (AvgIpc) is 2.43. The molecule has 4 heteroatoms. The van der Waals surface area contributed by atoms with Gasteiger partial charge in [-0.05, 0) is 44.7 Å². The fourth-order valence-electron chi connectivity index (χ4n) is 2.76. The zero-order valence-corrected chi connectivity index (χ0v) is 12.2. The quantitative estimate of drug-likeness (QED) is 0.876. The van der Waals surface area contributed by atoms with Gasteiger partial charge in [-0.1, -0.05) is 13.8 Å². The van der Waals surface area contributed by atoms with E-state index in [1.807, 2.05) is 19.1 Å². The second kappa shape index (κ2) is 5.78. The van der Waals surface area contributed by atoms with Crippen LogP contribution in [0.3, 0.4) is 0 Å². The molecule has 0 bridgehead atoms. The fraction of sp³-hybridized carbons (Fsp3) is 0.667. The Hall–Kier alpha value is -1.29. The van der Waals surface area contributed by atoms with Crippen molar-refractivity contribution in [2.45, 2.75) is 58.1 Å². The van der Waals surface area contributed by atoms with Crippen LogP contribution in [-0.4, -0.2) is 23.2 Å². The maximum absolute atomic E-state index is 5.99. The van der Waals surface area contributed by atoms with Crippen molar-refractivity contribution < 1.29 is 4.74 Å². The van der Waals surface area contributed by atoms with E-state index in [1.54, 1.807) is 0 Å². The third-order valence-corrected chi connectivity index (χ3v) is 4.26. The molecule has 2 heterocycles. The number of ether oxygens (including phenoxy) is 1. The number of hydrogen-bond acceptors (Lipinski definition) is 4. The summed E-state index contributed by atoms with van der Waals surface area (Å²) in [5.41, 5.74) is 7.47. The van der Waals surface area contributed by atoms with Gasteiger partial charge in [-0.2, -0.15) is 0 Å². The van der Waals surface area contributed by atoms with Crippen LogP contribution in [0.4, 0.5) is 11.5 Å². The smallest absolute Gasteiger partial charge is 0.126 e. The first-order chi connectivity index (χ1) is 9.08. The number of nitrogen functional groups attached to an aromatic ring is 1. The van der Waals surface area contributed by atoms with Crippen LogP contribution in [0.5, 0.6) is 0 Å². The van der Waals surface area contributed by atoms with Gasteiger partial charge in [0.05, 0.1) is 17.0 Å². The Kier molecular flexibility index (Phi) is 4.30. The maximum atomic E-state index is 5.99. The Morgan fingerprint density at radius 3 is 2.79 bits per heavy atom. The molecule has 0 aromatic carbocycles. The third-order valence-electron chi connectivity index (χ3n) is 4.26. The van der Waals surface area contributed by atoms with Crippen molar-refractivity contribution in [3.63, 3.8) is 0 Å².